The van der Waals surface area contributed by atoms with Gasteiger partial charge in [0.1, 0.15) is 0 Å². The molecule has 1 aliphatic rings. The molecule has 0 aromatic carbocycles. The summed E-state index contributed by atoms with van der Waals surface area (Å²) in [6.07, 6.45) is 1.31. The Kier molecular flexibility index (Phi) is 3.50. The highest BCUT2D eigenvalue weighted by molar-refractivity contribution is 7.09. The van der Waals surface area contributed by atoms with Gasteiger partial charge in [0.2, 0.25) is 0 Å². The summed E-state index contributed by atoms with van der Waals surface area (Å²) in [5.41, 5.74) is 3.09. The van der Waals surface area contributed by atoms with E-state index in [0.717, 1.165) is 19.0 Å². The summed E-state index contributed by atoms with van der Waals surface area (Å²) in [6, 6.07) is 0. The average molecular weight is 211 g/mol. The van der Waals surface area contributed by atoms with Gasteiger partial charge < -0.3 is 10.6 Å². The number of aromatic nitrogens is 1. The average Bonchev–Trinajstić information content (AvgIpc) is 2.78. The predicted octanol–water partition coefficient (Wildman–Crippen LogP) is 1.15. The van der Waals surface area contributed by atoms with Crippen LogP contribution in [0.2, 0.25) is 0 Å². The number of thiazole rings is 1. The van der Waals surface area contributed by atoms with E-state index in [-0.39, 0.29) is 0 Å². The highest BCUT2D eigenvalue weighted by Crippen LogP contribution is 2.12. The summed E-state index contributed by atoms with van der Waals surface area (Å²) >= 11 is 1.74. The summed E-state index contributed by atoms with van der Waals surface area (Å²) in [7, 11) is 0. The van der Waals surface area contributed by atoms with Gasteiger partial charge in [0.15, 0.2) is 0 Å². The van der Waals surface area contributed by atoms with Crippen molar-refractivity contribution in [2.45, 2.75) is 19.9 Å². The minimum Gasteiger partial charge on any atom is -0.316 e. The lowest BCUT2D eigenvalue weighted by Gasteiger charge is -2.08. The van der Waals surface area contributed by atoms with E-state index in [2.05, 4.69) is 22.5 Å². The molecule has 0 spiro atoms. The number of nitrogens with one attached hydrogen (secondary N) is 2. The smallest absolute Gasteiger partial charge is 0.0798 e. The van der Waals surface area contributed by atoms with Crippen LogP contribution in [0.4, 0.5) is 0 Å². The first-order valence-corrected chi connectivity index (χ1v) is 6.04. The van der Waals surface area contributed by atoms with Crippen molar-refractivity contribution in [3.8, 4) is 0 Å². The molecule has 1 saturated heterocycles. The standard InChI is InChI=1S/C10H17N3S/c1-8-10(14-7-13-8)6-12-5-9-2-3-11-4-9/h7,9,11-12H,2-6H2,1H3. The van der Waals surface area contributed by atoms with Crippen LogP contribution in [-0.2, 0) is 6.54 Å². The van der Waals surface area contributed by atoms with E-state index in [1.165, 1.54) is 30.1 Å². The fraction of sp³-hybridized carbons (Fsp3) is 0.700. The molecule has 1 atom stereocenters. The van der Waals surface area contributed by atoms with Gasteiger partial charge in [-0.25, -0.2) is 4.98 Å². The molecular weight excluding hydrogens is 194 g/mol. The van der Waals surface area contributed by atoms with E-state index in [1.807, 2.05) is 5.51 Å². The first kappa shape index (κ1) is 10.1. The van der Waals surface area contributed by atoms with Crippen LogP contribution in [0.3, 0.4) is 0 Å². The number of rotatable bonds is 4. The first-order valence-electron chi connectivity index (χ1n) is 5.16. The largest absolute Gasteiger partial charge is 0.316 e. The number of hydrogen-bond donors (Lipinski definition) is 2. The number of hydrogen-bond acceptors (Lipinski definition) is 4. The molecule has 2 rings (SSSR count). The quantitative estimate of drug-likeness (QED) is 0.784. The Hall–Kier alpha value is -0.450. The Labute approximate surface area is 88.9 Å². The lowest BCUT2D eigenvalue weighted by Crippen LogP contribution is -2.23. The minimum atomic E-state index is 0.822. The molecule has 0 saturated carbocycles. The van der Waals surface area contributed by atoms with Gasteiger partial charge in [-0.2, -0.15) is 0 Å². The van der Waals surface area contributed by atoms with Crippen molar-refractivity contribution in [1.29, 1.82) is 0 Å². The molecule has 2 N–H and O–H groups in total. The van der Waals surface area contributed by atoms with Gasteiger partial charge in [-0.3, -0.25) is 0 Å². The summed E-state index contributed by atoms with van der Waals surface area (Å²) in [6.45, 7) is 6.54. The Balaban J connectivity index is 1.70. The molecule has 0 amide bonds. The monoisotopic (exact) mass is 211 g/mol. The maximum absolute atomic E-state index is 4.23. The van der Waals surface area contributed by atoms with Gasteiger partial charge in [-0.1, -0.05) is 0 Å². The lowest BCUT2D eigenvalue weighted by atomic mass is 10.1. The van der Waals surface area contributed by atoms with Crippen LogP contribution in [0.5, 0.6) is 0 Å². The second-order valence-electron chi connectivity index (χ2n) is 3.85. The van der Waals surface area contributed by atoms with Gasteiger partial charge in [0, 0.05) is 11.4 Å². The third-order valence-corrected chi connectivity index (χ3v) is 3.66. The Morgan fingerprint density at radius 3 is 3.29 bits per heavy atom. The first-order chi connectivity index (χ1) is 6.86. The minimum absolute atomic E-state index is 0.822. The van der Waals surface area contributed by atoms with Crippen molar-refractivity contribution in [2.24, 2.45) is 5.92 Å². The molecule has 0 radical (unpaired) electrons. The number of aryl methyl sites for hydroxylation is 1. The Morgan fingerprint density at radius 2 is 2.64 bits per heavy atom. The molecule has 78 valence electrons. The molecule has 1 unspecified atom stereocenters. The van der Waals surface area contributed by atoms with Gasteiger partial charge in [-0.15, -0.1) is 11.3 Å². The Morgan fingerprint density at radius 1 is 1.71 bits per heavy atom. The van der Waals surface area contributed by atoms with Crippen molar-refractivity contribution in [3.05, 3.63) is 16.1 Å². The van der Waals surface area contributed by atoms with Crippen molar-refractivity contribution in [1.82, 2.24) is 15.6 Å². The fourth-order valence-corrected chi connectivity index (χ4v) is 2.52. The normalized spacial score (nSPS) is 21.6. The maximum Gasteiger partial charge on any atom is 0.0798 e. The van der Waals surface area contributed by atoms with Crippen LogP contribution in [0, 0.1) is 12.8 Å². The summed E-state index contributed by atoms with van der Waals surface area (Å²) < 4.78 is 0. The molecule has 1 fully saturated rings. The molecule has 1 aliphatic heterocycles. The van der Waals surface area contributed by atoms with Crippen molar-refractivity contribution in [2.75, 3.05) is 19.6 Å². The molecule has 1 aromatic rings. The summed E-state index contributed by atoms with van der Waals surface area (Å²) in [4.78, 5) is 5.60. The van der Waals surface area contributed by atoms with Gasteiger partial charge in [0.25, 0.3) is 0 Å². The lowest BCUT2D eigenvalue weighted by molar-refractivity contribution is 0.514. The van der Waals surface area contributed by atoms with Gasteiger partial charge in [0.05, 0.1) is 11.2 Å². The highest BCUT2D eigenvalue weighted by atomic mass is 32.1. The van der Waals surface area contributed by atoms with E-state index in [1.54, 1.807) is 11.3 Å². The van der Waals surface area contributed by atoms with Gasteiger partial charge in [-0.05, 0) is 38.9 Å². The van der Waals surface area contributed by atoms with Gasteiger partial charge >= 0.3 is 0 Å². The van der Waals surface area contributed by atoms with Crippen LogP contribution in [-0.4, -0.2) is 24.6 Å². The van der Waals surface area contributed by atoms with Crippen LogP contribution in [0.15, 0.2) is 5.51 Å². The topological polar surface area (TPSA) is 37.0 Å². The van der Waals surface area contributed by atoms with E-state index in [0.29, 0.717) is 0 Å². The van der Waals surface area contributed by atoms with E-state index in [4.69, 9.17) is 0 Å². The molecule has 3 nitrogen and oxygen atoms in total. The van der Waals surface area contributed by atoms with Crippen LogP contribution < -0.4 is 10.6 Å². The van der Waals surface area contributed by atoms with Crippen molar-refractivity contribution in [3.63, 3.8) is 0 Å². The van der Waals surface area contributed by atoms with Crippen molar-refractivity contribution < 1.29 is 0 Å². The third kappa shape index (κ3) is 2.53. The van der Waals surface area contributed by atoms with Crippen molar-refractivity contribution >= 4 is 11.3 Å². The fourth-order valence-electron chi connectivity index (χ4n) is 1.77. The Bertz CT molecular complexity index is 279. The molecule has 2 heterocycles. The van der Waals surface area contributed by atoms with Crippen LogP contribution >= 0.6 is 11.3 Å². The second kappa shape index (κ2) is 4.87. The summed E-state index contributed by atoms with van der Waals surface area (Å²) in [5.74, 6) is 0.822. The van der Waals surface area contributed by atoms with Crippen LogP contribution in [0.25, 0.3) is 0 Å². The molecule has 0 bridgehead atoms. The SMILES string of the molecule is Cc1ncsc1CNCC1CCNC1. The summed E-state index contributed by atoms with van der Waals surface area (Å²) in [5, 5.41) is 6.88. The zero-order valence-electron chi connectivity index (χ0n) is 8.55. The van der Waals surface area contributed by atoms with E-state index < -0.39 is 0 Å². The number of nitrogens with zero attached hydrogens (tertiary/aromatic N) is 1. The molecular formula is C10H17N3S. The highest BCUT2D eigenvalue weighted by Gasteiger charge is 2.13. The molecule has 14 heavy (non-hydrogen) atoms. The zero-order valence-corrected chi connectivity index (χ0v) is 9.36. The second-order valence-corrected chi connectivity index (χ2v) is 4.79. The third-order valence-electron chi connectivity index (χ3n) is 2.73. The maximum atomic E-state index is 4.23. The molecule has 1 aromatic heterocycles. The van der Waals surface area contributed by atoms with Crippen LogP contribution in [0.1, 0.15) is 17.0 Å². The van der Waals surface area contributed by atoms with E-state index in [9.17, 15) is 0 Å². The predicted molar refractivity (Wildman–Crippen MR) is 59.5 cm³/mol. The molecule has 0 aliphatic carbocycles. The molecule has 4 heteroatoms. The zero-order chi connectivity index (χ0) is 9.80. The van der Waals surface area contributed by atoms with E-state index >= 15 is 0 Å².